The maximum atomic E-state index is 13.3. The van der Waals surface area contributed by atoms with E-state index in [4.69, 9.17) is 4.74 Å². The van der Waals surface area contributed by atoms with Gasteiger partial charge in [0.05, 0.1) is 12.5 Å². The maximum absolute atomic E-state index is 13.3. The number of fused-ring (bicyclic) bond motifs is 1. The smallest absolute Gasteiger partial charge is 0.327 e. The number of carboxylic acid groups (broad SMARTS) is 1. The van der Waals surface area contributed by atoms with E-state index in [2.05, 4.69) is 5.32 Å². The number of carbonyl (C=O) groups excluding carboxylic acids is 2. The number of amides is 2. The number of methoxy groups -OCH3 is 1. The maximum Gasteiger partial charge on any atom is 0.327 e. The van der Waals surface area contributed by atoms with Crippen molar-refractivity contribution < 1.29 is 24.2 Å². The predicted molar refractivity (Wildman–Crippen MR) is 104 cm³/mol. The molecule has 0 aromatic heterocycles. The van der Waals surface area contributed by atoms with Gasteiger partial charge in [-0.05, 0) is 32.8 Å². The fourth-order valence-electron chi connectivity index (χ4n) is 4.61. The quantitative estimate of drug-likeness (QED) is 0.726. The Balaban J connectivity index is 1.56. The molecule has 1 aromatic rings. The lowest BCUT2D eigenvalue weighted by Gasteiger charge is -2.47. The molecule has 2 amide bonds. The summed E-state index contributed by atoms with van der Waals surface area (Å²) >= 11 is 1.43. The Labute approximate surface area is 167 Å². The lowest BCUT2D eigenvalue weighted by atomic mass is 9.63. The van der Waals surface area contributed by atoms with Gasteiger partial charge in [0, 0.05) is 10.3 Å². The molecule has 2 aliphatic heterocycles. The summed E-state index contributed by atoms with van der Waals surface area (Å²) in [5.74, 6) is -0.847. The number of ether oxygens (including phenoxy) is 1. The van der Waals surface area contributed by atoms with Crippen molar-refractivity contribution in [1.29, 1.82) is 0 Å². The number of rotatable bonds is 5. The molecule has 28 heavy (non-hydrogen) atoms. The van der Waals surface area contributed by atoms with Gasteiger partial charge in [-0.2, -0.15) is 0 Å². The highest BCUT2D eigenvalue weighted by Gasteiger charge is 2.65. The molecule has 0 spiro atoms. The number of nitrogens with one attached hydrogen (secondary N) is 1. The Hall–Kier alpha value is -2.22. The van der Waals surface area contributed by atoms with E-state index >= 15 is 0 Å². The highest BCUT2D eigenvalue weighted by atomic mass is 32.2. The van der Waals surface area contributed by atoms with Gasteiger partial charge in [-0.15, -0.1) is 11.8 Å². The first-order valence-corrected chi connectivity index (χ1v) is 10.3. The summed E-state index contributed by atoms with van der Waals surface area (Å²) in [7, 11) is 1.58. The number of nitrogens with zero attached hydrogens (tertiary/aromatic N) is 1. The third-order valence-corrected chi connectivity index (χ3v) is 7.80. The van der Waals surface area contributed by atoms with Crippen LogP contribution in [-0.4, -0.2) is 57.1 Å². The van der Waals surface area contributed by atoms with E-state index in [1.165, 1.54) is 16.7 Å². The van der Waals surface area contributed by atoms with Gasteiger partial charge in [0.2, 0.25) is 11.8 Å². The first kappa shape index (κ1) is 19.1. The molecule has 3 atom stereocenters. The van der Waals surface area contributed by atoms with Crippen molar-refractivity contribution in [1.82, 2.24) is 10.2 Å². The van der Waals surface area contributed by atoms with Crippen molar-refractivity contribution >= 4 is 29.5 Å². The van der Waals surface area contributed by atoms with Gasteiger partial charge < -0.3 is 20.1 Å². The number of β-lactam (4-membered cyclic amide) rings is 1. The van der Waals surface area contributed by atoms with Gasteiger partial charge in [-0.25, -0.2) is 4.79 Å². The molecule has 4 rings (SSSR count). The van der Waals surface area contributed by atoms with Crippen LogP contribution in [0, 0.1) is 0 Å². The van der Waals surface area contributed by atoms with Crippen molar-refractivity contribution in [3.05, 3.63) is 29.8 Å². The molecule has 2 heterocycles. The largest absolute Gasteiger partial charge is 0.496 e. The van der Waals surface area contributed by atoms with Crippen molar-refractivity contribution in [2.24, 2.45) is 0 Å². The van der Waals surface area contributed by atoms with Gasteiger partial charge >= 0.3 is 5.97 Å². The first-order valence-electron chi connectivity index (χ1n) is 9.40. The van der Waals surface area contributed by atoms with Crippen LogP contribution in [0.5, 0.6) is 5.75 Å². The van der Waals surface area contributed by atoms with Crippen molar-refractivity contribution in [3.63, 3.8) is 0 Å². The highest BCUT2D eigenvalue weighted by molar-refractivity contribution is 8.01. The van der Waals surface area contributed by atoms with Crippen LogP contribution in [0.1, 0.15) is 38.7 Å². The Kier molecular flexibility index (Phi) is 4.37. The molecular weight excluding hydrogens is 380 g/mol. The van der Waals surface area contributed by atoms with Gasteiger partial charge in [0.25, 0.3) is 0 Å². The molecule has 0 radical (unpaired) electrons. The molecule has 7 nitrogen and oxygen atoms in total. The van der Waals surface area contributed by atoms with Gasteiger partial charge in [0.1, 0.15) is 23.2 Å². The lowest BCUT2D eigenvalue weighted by Crippen LogP contribution is -2.72. The number of thioether (sulfide) groups is 1. The average Bonchev–Trinajstić information content (AvgIpc) is 2.87. The summed E-state index contributed by atoms with van der Waals surface area (Å²) in [5, 5.41) is 12.1. The molecule has 8 heteroatoms. The summed E-state index contributed by atoms with van der Waals surface area (Å²) in [6, 6.07) is 5.92. The number of benzene rings is 1. The summed E-state index contributed by atoms with van der Waals surface area (Å²) in [4.78, 5) is 39.0. The third kappa shape index (κ3) is 2.53. The number of para-hydroxylation sites is 1. The molecule has 1 saturated carbocycles. The van der Waals surface area contributed by atoms with Crippen LogP contribution in [0.2, 0.25) is 0 Å². The zero-order valence-corrected chi connectivity index (χ0v) is 16.9. The van der Waals surface area contributed by atoms with Crippen LogP contribution < -0.4 is 10.1 Å². The molecule has 1 aromatic carbocycles. The van der Waals surface area contributed by atoms with E-state index in [1.807, 2.05) is 38.1 Å². The fraction of sp³-hybridized carbons (Fsp3) is 0.550. The van der Waals surface area contributed by atoms with Gasteiger partial charge in [-0.3, -0.25) is 9.59 Å². The normalized spacial score (nSPS) is 29.3. The van der Waals surface area contributed by atoms with E-state index < -0.39 is 28.2 Å². The molecule has 0 bridgehead atoms. The van der Waals surface area contributed by atoms with Crippen LogP contribution in [-0.2, 0) is 19.8 Å². The van der Waals surface area contributed by atoms with Crippen molar-refractivity contribution in [3.8, 4) is 5.75 Å². The Bertz CT molecular complexity index is 851. The molecule has 0 unspecified atom stereocenters. The van der Waals surface area contributed by atoms with Crippen molar-refractivity contribution in [2.45, 2.75) is 60.7 Å². The summed E-state index contributed by atoms with van der Waals surface area (Å²) < 4.78 is 4.85. The SMILES string of the molecule is COc1ccccc1C1(C(=O)N[C@@H]2C(=O)N3[C@@H](C(=O)O)C(C)(C)S[C@@H]23)CCC1. The average molecular weight is 404 g/mol. The topological polar surface area (TPSA) is 95.9 Å². The molecular formula is C20H24N2O5S. The van der Waals surface area contributed by atoms with Crippen LogP contribution in [0.15, 0.2) is 24.3 Å². The van der Waals surface area contributed by atoms with E-state index in [-0.39, 0.29) is 17.2 Å². The summed E-state index contributed by atoms with van der Waals surface area (Å²) in [6.45, 7) is 3.65. The van der Waals surface area contributed by atoms with Crippen LogP contribution in [0.25, 0.3) is 0 Å². The van der Waals surface area contributed by atoms with Crippen LogP contribution in [0.4, 0.5) is 0 Å². The van der Waals surface area contributed by atoms with Gasteiger partial charge in [0.15, 0.2) is 0 Å². The molecule has 2 saturated heterocycles. The second-order valence-electron chi connectivity index (χ2n) is 8.19. The second kappa shape index (κ2) is 6.40. The standard InChI is InChI=1S/C20H24N2O5S/c1-19(2)14(17(24)25)22-15(23)13(16(22)28-19)21-18(26)20(9-6-10-20)11-7-4-5-8-12(11)27-3/h4-5,7-8,13-14,16H,6,9-10H2,1-3H3,(H,21,26)(H,24,25)/t13-,14+,16+/m1/s1. The van der Waals surface area contributed by atoms with Crippen molar-refractivity contribution in [2.75, 3.05) is 7.11 Å². The Morgan fingerprint density at radius 2 is 1.96 bits per heavy atom. The number of carbonyl (C=O) groups is 3. The molecule has 3 aliphatic rings. The van der Waals surface area contributed by atoms with E-state index in [0.717, 1.165) is 12.0 Å². The number of hydrogen-bond donors (Lipinski definition) is 2. The lowest BCUT2D eigenvalue weighted by molar-refractivity contribution is -0.161. The minimum absolute atomic E-state index is 0.182. The Morgan fingerprint density at radius 1 is 1.29 bits per heavy atom. The zero-order valence-electron chi connectivity index (χ0n) is 16.1. The minimum atomic E-state index is -1.01. The van der Waals surface area contributed by atoms with E-state index in [1.54, 1.807) is 7.11 Å². The Morgan fingerprint density at radius 3 is 2.54 bits per heavy atom. The molecule has 1 aliphatic carbocycles. The second-order valence-corrected chi connectivity index (χ2v) is 9.96. The first-order chi connectivity index (χ1) is 13.2. The summed E-state index contributed by atoms with van der Waals surface area (Å²) in [6.07, 6.45) is 2.33. The van der Waals surface area contributed by atoms with Crippen LogP contribution in [0.3, 0.4) is 0 Å². The number of carboxylic acids is 1. The highest BCUT2D eigenvalue weighted by Crippen LogP contribution is 2.52. The van der Waals surface area contributed by atoms with Crippen LogP contribution >= 0.6 is 11.8 Å². The van der Waals surface area contributed by atoms with E-state index in [0.29, 0.717) is 18.6 Å². The number of aliphatic carboxylic acids is 1. The molecule has 2 N–H and O–H groups in total. The zero-order chi connectivity index (χ0) is 20.3. The van der Waals surface area contributed by atoms with Gasteiger partial charge in [-0.1, -0.05) is 24.6 Å². The minimum Gasteiger partial charge on any atom is -0.496 e. The molecule has 3 fully saturated rings. The predicted octanol–water partition coefficient (Wildman–Crippen LogP) is 1.75. The van der Waals surface area contributed by atoms with E-state index in [9.17, 15) is 19.5 Å². The fourth-order valence-corrected chi connectivity index (χ4v) is 6.24. The summed E-state index contributed by atoms with van der Waals surface area (Å²) in [5.41, 5.74) is 0.144. The monoisotopic (exact) mass is 404 g/mol. The number of hydrogen-bond acceptors (Lipinski definition) is 5. The third-order valence-electron chi connectivity index (χ3n) is 6.23. The molecule has 150 valence electrons.